The Morgan fingerprint density at radius 2 is 2.33 bits per heavy atom. The van der Waals surface area contributed by atoms with Crippen molar-refractivity contribution in [2.75, 3.05) is 20.3 Å². The highest BCUT2D eigenvalue weighted by Gasteiger charge is 2.30. The summed E-state index contributed by atoms with van der Waals surface area (Å²) in [6.07, 6.45) is 0.954. The Balaban J connectivity index is 2.31. The summed E-state index contributed by atoms with van der Waals surface area (Å²) < 4.78 is 10.9. The van der Waals surface area contributed by atoms with Gasteiger partial charge in [0, 0.05) is 12.0 Å². The molecule has 2 N–H and O–H groups in total. The molecule has 0 aliphatic carbocycles. The predicted octanol–water partition coefficient (Wildman–Crippen LogP) is 1.60. The lowest BCUT2D eigenvalue weighted by molar-refractivity contribution is 0.144. The van der Waals surface area contributed by atoms with Crippen LogP contribution in [-0.4, -0.2) is 20.3 Å². The summed E-state index contributed by atoms with van der Waals surface area (Å²) in [5, 5.41) is 0. The molecule has 0 bridgehead atoms. The van der Waals surface area contributed by atoms with Gasteiger partial charge in [0.15, 0.2) is 0 Å². The molecule has 15 heavy (non-hydrogen) atoms. The van der Waals surface area contributed by atoms with E-state index < -0.39 is 0 Å². The van der Waals surface area contributed by atoms with Gasteiger partial charge in [0.25, 0.3) is 0 Å². The Morgan fingerprint density at radius 1 is 1.53 bits per heavy atom. The van der Waals surface area contributed by atoms with Gasteiger partial charge in [-0.3, -0.25) is 0 Å². The third-order valence-corrected chi connectivity index (χ3v) is 2.95. The first kappa shape index (κ1) is 10.3. The Hall–Kier alpha value is -1.22. The zero-order chi connectivity index (χ0) is 10.9. The Labute approximate surface area is 90.2 Å². The fourth-order valence-electron chi connectivity index (χ4n) is 1.86. The number of methoxy groups -OCH3 is 1. The molecule has 1 aliphatic heterocycles. The quantitative estimate of drug-likeness (QED) is 0.801. The molecule has 2 rings (SSSR count). The molecule has 0 saturated carbocycles. The molecular formula is C12H17NO2. The van der Waals surface area contributed by atoms with Gasteiger partial charge in [0.1, 0.15) is 11.5 Å². The highest BCUT2D eigenvalue weighted by Crippen LogP contribution is 2.35. The number of benzene rings is 1. The third kappa shape index (κ3) is 1.92. The first-order valence-corrected chi connectivity index (χ1v) is 5.17. The average Bonchev–Trinajstić information content (AvgIpc) is 2.28. The molecule has 3 nitrogen and oxygen atoms in total. The van der Waals surface area contributed by atoms with Crippen LogP contribution >= 0.6 is 0 Å². The van der Waals surface area contributed by atoms with E-state index in [1.54, 1.807) is 7.11 Å². The molecular weight excluding hydrogens is 190 g/mol. The monoisotopic (exact) mass is 207 g/mol. The molecule has 0 amide bonds. The molecule has 3 heteroatoms. The summed E-state index contributed by atoms with van der Waals surface area (Å²) in [6, 6.07) is 5.91. The van der Waals surface area contributed by atoms with E-state index in [1.165, 1.54) is 5.56 Å². The van der Waals surface area contributed by atoms with Gasteiger partial charge >= 0.3 is 0 Å². The molecule has 0 saturated heterocycles. The number of ether oxygens (including phenoxy) is 2. The molecule has 1 heterocycles. The van der Waals surface area contributed by atoms with E-state index in [1.807, 2.05) is 18.2 Å². The van der Waals surface area contributed by atoms with Gasteiger partial charge in [-0.15, -0.1) is 0 Å². The van der Waals surface area contributed by atoms with Gasteiger partial charge in [-0.2, -0.15) is 0 Å². The van der Waals surface area contributed by atoms with Crippen molar-refractivity contribution in [1.82, 2.24) is 0 Å². The van der Waals surface area contributed by atoms with E-state index in [4.69, 9.17) is 15.2 Å². The smallest absolute Gasteiger partial charge is 0.122 e. The van der Waals surface area contributed by atoms with E-state index in [0.29, 0.717) is 13.2 Å². The molecule has 0 fully saturated rings. The lowest BCUT2D eigenvalue weighted by atomic mass is 9.82. The fourth-order valence-corrected chi connectivity index (χ4v) is 1.86. The summed E-state index contributed by atoms with van der Waals surface area (Å²) in [5.41, 5.74) is 7.00. The van der Waals surface area contributed by atoms with Crippen molar-refractivity contribution >= 4 is 0 Å². The minimum atomic E-state index is 0.0549. The van der Waals surface area contributed by atoms with Gasteiger partial charge in [0.2, 0.25) is 0 Å². The number of nitrogens with two attached hydrogens (primary N) is 1. The molecule has 1 atom stereocenters. The lowest BCUT2D eigenvalue weighted by Crippen LogP contribution is -2.38. The molecule has 82 valence electrons. The maximum atomic E-state index is 5.75. The summed E-state index contributed by atoms with van der Waals surface area (Å²) in [5.74, 6) is 1.83. The third-order valence-electron chi connectivity index (χ3n) is 2.95. The van der Waals surface area contributed by atoms with Crippen molar-refractivity contribution in [3.63, 3.8) is 0 Å². The SMILES string of the molecule is COc1ccc2c(c1)CC(C)(CN)CO2. The molecule has 0 aromatic heterocycles. The van der Waals surface area contributed by atoms with Crippen LogP contribution in [-0.2, 0) is 6.42 Å². The van der Waals surface area contributed by atoms with Gasteiger partial charge in [-0.05, 0) is 30.2 Å². The Kier molecular flexibility index (Phi) is 2.57. The first-order valence-electron chi connectivity index (χ1n) is 5.17. The zero-order valence-corrected chi connectivity index (χ0v) is 9.25. The van der Waals surface area contributed by atoms with E-state index in [2.05, 4.69) is 6.92 Å². The van der Waals surface area contributed by atoms with E-state index in [0.717, 1.165) is 17.9 Å². The van der Waals surface area contributed by atoms with Crippen LogP contribution in [0.15, 0.2) is 18.2 Å². The Bertz CT molecular complexity index is 365. The summed E-state index contributed by atoms with van der Waals surface area (Å²) in [7, 11) is 1.67. The van der Waals surface area contributed by atoms with Crippen LogP contribution in [0.4, 0.5) is 0 Å². The van der Waals surface area contributed by atoms with Crippen LogP contribution in [0, 0.1) is 5.41 Å². The number of fused-ring (bicyclic) bond motifs is 1. The highest BCUT2D eigenvalue weighted by molar-refractivity contribution is 5.42. The number of hydrogen-bond donors (Lipinski definition) is 1. The first-order chi connectivity index (χ1) is 7.17. The predicted molar refractivity (Wildman–Crippen MR) is 59.4 cm³/mol. The summed E-state index contributed by atoms with van der Waals surface area (Å²) >= 11 is 0. The van der Waals surface area contributed by atoms with Gasteiger partial charge in [-0.25, -0.2) is 0 Å². The van der Waals surface area contributed by atoms with Gasteiger partial charge < -0.3 is 15.2 Å². The minimum absolute atomic E-state index is 0.0549. The van der Waals surface area contributed by atoms with Crippen molar-refractivity contribution in [2.24, 2.45) is 11.1 Å². The minimum Gasteiger partial charge on any atom is -0.497 e. The van der Waals surface area contributed by atoms with Gasteiger partial charge in [-0.1, -0.05) is 6.92 Å². The van der Waals surface area contributed by atoms with Crippen LogP contribution in [0.2, 0.25) is 0 Å². The van der Waals surface area contributed by atoms with Crippen LogP contribution in [0.5, 0.6) is 11.5 Å². The molecule has 0 radical (unpaired) electrons. The molecule has 1 aromatic carbocycles. The van der Waals surface area contributed by atoms with Crippen LogP contribution in [0.3, 0.4) is 0 Å². The molecule has 1 unspecified atom stereocenters. The van der Waals surface area contributed by atoms with Crippen LogP contribution in [0.1, 0.15) is 12.5 Å². The lowest BCUT2D eigenvalue weighted by Gasteiger charge is -2.33. The maximum absolute atomic E-state index is 5.75. The highest BCUT2D eigenvalue weighted by atomic mass is 16.5. The fraction of sp³-hybridized carbons (Fsp3) is 0.500. The summed E-state index contributed by atoms with van der Waals surface area (Å²) in [4.78, 5) is 0. The van der Waals surface area contributed by atoms with Crippen molar-refractivity contribution < 1.29 is 9.47 Å². The second kappa shape index (κ2) is 3.74. The Morgan fingerprint density at radius 3 is 3.00 bits per heavy atom. The molecule has 0 spiro atoms. The van der Waals surface area contributed by atoms with Crippen molar-refractivity contribution in [2.45, 2.75) is 13.3 Å². The maximum Gasteiger partial charge on any atom is 0.122 e. The van der Waals surface area contributed by atoms with Crippen molar-refractivity contribution in [3.05, 3.63) is 23.8 Å². The second-order valence-electron chi connectivity index (χ2n) is 4.45. The largest absolute Gasteiger partial charge is 0.497 e. The van der Waals surface area contributed by atoms with Crippen LogP contribution in [0.25, 0.3) is 0 Å². The normalized spacial score (nSPS) is 24.2. The standard InChI is InChI=1S/C12H17NO2/c1-12(7-13)6-9-5-10(14-2)3-4-11(9)15-8-12/h3-5H,6-8,13H2,1-2H3. The van der Waals surface area contributed by atoms with E-state index >= 15 is 0 Å². The van der Waals surface area contributed by atoms with Crippen molar-refractivity contribution in [1.29, 1.82) is 0 Å². The van der Waals surface area contributed by atoms with Crippen molar-refractivity contribution in [3.8, 4) is 11.5 Å². The molecule has 1 aliphatic rings. The molecule has 1 aromatic rings. The van der Waals surface area contributed by atoms with E-state index in [-0.39, 0.29) is 5.41 Å². The number of rotatable bonds is 2. The second-order valence-corrected chi connectivity index (χ2v) is 4.45. The number of hydrogen-bond acceptors (Lipinski definition) is 3. The average molecular weight is 207 g/mol. The van der Waals surface area contributed by atoms with E-state index in [9.17, 15) is 0 Å². The summed E-state index contributed by atoms with van der Waals surface area (Å²) in [6.45, 7) is 3.49. The van der Waals surface area contributed by atoms with Crippen LogP contribution < -0.4 is 15.2 Å². The topological polar surface area (TPSA) is 44.5 Å². The van der Waals surface area contributed by atoms with Gasteiger partial charge in [0.05, 0.1) is 13.7 Å². The zero-order valence-electron chi connectivity index (χ0n) is 9.25.